The molecule has 0 aliphatic rings. The molecule has 0 bridgehead atoms. The minimum Gasteiger partial charge on any atom is -0.477 e. The van der Waals surface area contributed by atoms with E-state index >= 15 is 0 Å². The van der Waals surface area contributed by atoms with Crippen LogP contribution in [0.5, 0.6) is 0 Å². The van der Waals surface area contributed by atoms with E-state index in [2.05, 4.69) is 26.2 Å². The molecule has 1 aromatic heterocycles. The van der Waals surface area contributed by atoms with Crippen molar-refractivity contribution in [2.45, 2.75) is 4.90 Å². The molecule has 0 saturated carbocycles. The number of aromatic carboxylic acids is 1. The zero-order valence-electron chi connectivity index (χ0n) is 10.7. The molecule has 0 saturated heterocycles. The number of amides is 1. The molecule has 108 valence electrons. The van der Waals surface area contributed by atoms with Crippen molar-refractivity contribution in [2.24, 2.45) is 0 Å². The fourth-order valence-corrected chi connectivity index (χ4v) is 2.48. The summed E-state index contributed by atoms with van der Waals surface area (Å²) in [5.74, 6) is -1.05. The number of nitrogens with zero attached hydrogens (tertiary/aromatic N) is 1. The number of thioether (sulfide) groups is 1. The zero-order valence-corrected chi connectivity index (χ0v) is 13.1. The fourth-order valence-electron chi connectivity index (χ4n) is 1.50. The highest BCUT2D eigenvalue weighted by Crippen LogP contribution is 2.19. The summed E-state index contributed by atoms with van der Waals surface area (Å²) in [5.41, 5.74) is 0.679. The number of anilines is 1. The second-order valence-corrected chi connectivity index (χ2v) is 5.99. The highest BCUT2D eigenvalue weighted by molar-refractivity contribution is 9.10. The Morgan fingerprint density at radius 2 is 1.95 bits per heavy atom. The van der Waals surface area contributed by atoms with Gasteiger partial charge in [0.1, 0.15) is 5.69 Å². The van der Waals surface area contributed by atoms with E-state index in [1.165, 1.54) is 24.0 Å². The summed E-state index contributed by atoms with van der Waals surface area (Å²) in [7, 11) is 0. The third-order valence-corrected chi connectivity index (χ3v) is 3.97. The Morgan fingerprint density at radius 3 is 2.62 bits per heavy atom. The number of carbonyl (C=O) groups is 2. The Hall–Kier alpha value is -1.86. The highest BCUT2D eigenvalue weighted by atomic mass is 79.9. The molecule has 0 aliphatic heterocycles. The van der Waals surface area contributed by atoms with Crippen LogP contribution in [0.15, 0.2) is 52.0 Å². The molecule has 7 heteroatoms. The number of benzene rings is 1. The molecule has 0 aliphatic carbocycles. The lowest BCUT2D eigenvalue weighted by atomic mass is 10.3. The Morgan fingerprint density at radius 1 is 1.24 bits per heavy atom. The molecule has 1 aromatic carbocycles. The van der Waals surface area contributed by atoms with Crippen LogP contribution in [-0.4, -0.2) is 27.7 Å². The van der Waals surface area contributed by atoms with Crippen molar-refractivity contribution in [3.63, 3.8) is 0 Å². The third-order valence-electron chi connectivity index (χ3n) is 2.45. The summed E-state index contributed by atoms with van der Waals surface area (Å²) < 4.78 is 0.938. The van der Waals surface area contributed by atoms with Crippen LogP contribution in [0.4, 0.5) is 5.69 Å². The van der Waals surface area contributed by atoms with Gasteiger partial charge in [0.05, 0.1) is 5.75 Å². The number of pyridine rings is 1. The standard InChI is InChI=1S/C14H11BrN2O3S/c15-9-1-3-10(4-2-9)17-13(18)8-21-11-5-6-16-12(7-11)14(19)20/h1-7H,8H2,(H,17,18)(H,19,20). The van der Waals surface area contributed by atoms with Gasteiger partial charge < -0.3 is 10.4 Å². The van der Waals surface area contributed by atoms with Crippen LogP contribution in [0.3, 0.4) is 0 Å². The average molecular weight is 367 g/mol. The van der Waals surface area contributed by atoms with Crippen LogP contribution in [0.2, 0.25) is 0 Å². The second kappa shape index (κ2) is 7.24. The number of halogens is 1. The van der Waals surface area contributed by atoms with Gasteiger partial charge in [-0.3, -0.25) is 4.79 Å². The van der Waals surface area contributed by atoms with Gasteiger partial charge >= 0.3 is 5.97 Å². The molecule has 1 heterocycles. The zero-order chi connectivity index (χ0) is 15.2. The Labute approximate surface area is 133 Å². The molecule has 0 spiro atoms. The lowest BCUT2D eigenvalue weighted by Crippen LogP contribution is -2.13. The van der Waals surface area contributed by atoms with Crippen molar-refractivity contribution >= 4 is 45.3 Å². The largest absolute Gasteiger partial charge is 0.477 e. The Kier molecular flexibility index (Phi) is 5.35. The topological polar surface area (TPSA) is 79.3 Å². The van der Waals surface area contributed by atoms with E-state index in [0.717, 1.165) is 4.47 Å². The number of carboxylic acid groups (broad SMARTS) is 1. The van der Waals surface area contributed by atoms with Crippen LogP contribution in [0.25, 0.3) is 0 Å². The van der Waals surface area contributed by atoms with Gasteiger partial charge in [-0.15, -0.1) is 11.8 Å². The van der Waals surface area contributed by atoms with Crippen LogP contribution < -0.4 is 5.32 Å². The van der Waals surface area contributed by atoms with Gasteiger partial charge in [-0.05, 0) is 36.4 Å². The molecular weight excluding hydrogens is 356 g/mol. The molecule has 2 rings (SSSR count). The van der Waals surface area contributed by atoms with E-state index in [4.69, 9.17) is 5.11 Å². The van der Waals surface area contributed by atoms with Crippen molar-refractivity contribution in [3.8, 4) is 0 Å². The molecule has 0 fully saturated rings. The Balaban J connectivity index is 1.90. The van der Waals surface area contributed by atoms with Gasteiger partial charge in [-0.2, -0.15) is 0 Å². The third kappa shape index (κ3) is 4.87. The molecule has 1 amide bonds. The smallest absolute Gasteiger partial charge is 0.354 e. The quantitative estimate of drug-likeness (QED) is 0.793. The van der Waals surface area contributed by atoms with Crippen molar-refractivity contribution in [2.75, 3.05) is 11.1 Å². The first kappa shape index (κ1) is 15.5. The van der Waals surface area contributed by atoms with Gasteiger partial charge in [0.25, 0.3) is 0 Å². The minimum atomic E-state index is -1.09. The van der Waals surface area contributed by atoms with Crippen molar-refractivity contribution < 1.29 is 14.7 Å². The lowest BCUT2D eigenvalue weighted by molar-refractivity contribution is -0.113. The summed E-state index contributed by atoms with van der Waals surface area (Å²) in [5, 5.41) is 11.6. The first-order valence-corrected chi connectivity index (χ1v) is 7.70. The number of hydrogen-bond acceptors (Lipinski definition) is 4. The van der Waals surface area contributed by atoms with Gasteiger partial charge in [-0.25, -0.2) is 9.78 Å². The molecule has 0 atom stereocenters. The van der Waals surface area contributed by atoms with Crippen LogP contribution in [0, 0.1) is 0 Å². The maximum absolute atomic E-state index is 11.8. The number of aromatic nitrogens is 1. The number of carboxylic acids is 1. The Bertz CT molecular complexity index is 662. The van der Waals surface area contributed by atoms with E-state index in [9.17, 15) is 9.59 Å². The van der Waals surface area contributed by atoms with Gasteiger partial charge in [0.2, 0.25) is 5.91 Å². The second-order valence-electron chi connectivity index (χ2n) is 4.03. The predicted molar refractivity (Wildman–Crippen MR) is 84.7 cm³/mol. The predicted octanol–water partition coefficient (Wildman–Crippen LogP) is 3.27. The maximum Gasteiger partial charge on any atom is 0.354 e. The SMILES string of the molecule is O=C(CSc1ccnc(C(=O)O)c1)Nc1ccc(Br)cc1. The summed E-state index contributed by atoms with van der Waals surface area (Å²) >= 11 is 4.58. The van der Waals surface area contributed by atoms with E-state index < -0.39 is 5.97 Å². The molecule has 2 aromatic rings. The number of carbonyl (C=O) groups excluding carboxylic acids is 1. The van der Waals surface area contributed by atoms with E-state index in [0.29, 0.717) is 10.6 Å². The maximum atomic E-state index is 11.8. The first-order valence-electron chi connectivity index (χ1n) is 5.92. The summed E-state index contributed by atoms with van der Waals surface area (Å²) in [6.07, 6.45) is 1.42. The van der Waals surface area contributed by atoms with E-state index in [1.54, 1.807) is 18.2 Å². The normalized spacial score (nSPS) is 10.1. The van der Waals surface area contributed by atoms with Gasteiger partial charge in [-0.1, -0.05) is 15.9 Å². The van der Waals surface area contributed by atoms with Crippen LogP contribution >= 0.6 is 27.7 Å². The van der Waals surface area contributed by atoms with E-state index in [1.807, 2.05) is 12.1 Å². The molecular formula is C14H11BrN2O3S. The number of rotatable bonds is 5. The minimum absolute atomic E-state index is 0.0340. The van der Waals surface area contributed by atoms with Crippen molar-refractivity contribution in [1.29, 1.82) is 0 Å². The van der Waals surface area contributed by atoms with E-state index in [-0.39, 0.29) is 17.4 Å². The first-order chi connectivity index (χ1) is 10.0. The number of nitrogens with one attached hydrogen (secondary N) is 1. The van der Waals surface area contributed by atoms with Crippen LogP contribution in [-0.2, 0) is 4.79 Å². The van der Waals surface area contributed by atoms with Crippen LogP contribution in [0.1, 0.15) is 10.5 Å². The van der Waals surface area contributed by atoms with Gasteiger partial charge in [0.15, 0.2) is 0 Å². The monoisotopic (exact) mass is 366 g/mol. The van der Waals surface area contributed by atoms with Crippen molar-refractivity contribution in [3.05, 3.63) is 52.8 Å². The summed E-state index contributed by atoms with van der Waals surface area (Å²) in [6, 6.07) is 10.4. The molecule has 0 unspecified atom stereocenters. The summed E-state index contributed by atoms with van der Waals surface area (Å²) in [4.78, 5) is 27.0. The average Bonchev–Trinajstić information content (AvgIpc) is 2.48. The fraction of sp³-hybridized carbons (Fsp3) is 0.0714. The number of hydrogen-bond donors (Lipinski definition) is 2. The molecule has 0 radical (unpaired) electrons. The van der Waals surface area contributed by atoms with Crippen molar-refractivity contribution in [1.82, 2.24) is 4.98 Å². The van der Waals surface area contributed by atoms with Gasteiger partial charge in [0, 0.05) is 21.3 Å². The highest BCUT2D eigenvalue weighted by Gasteiger charge is 2.07. The lowest BCUT2D eigenvalue weighted by Gasteiger charge is -2.05. The summed E-state index contributed by atoms with van der Waals surface area (Å²) in [6.45, 7) is 0. The molecule has 21 heavy (non-hydrogen) atoms. The molecule has 5 nitrogen and oxygen atoms in total. The molecule has 2 N–H and O–H groups in total.